The van der Waals surface area contributed by atoms with Gasteiger partial charge in [-0.15, -0.1) is 11.8 Å². The van der Waals surface area contributed by atoms with Crippen LogP contribution in [0, 0.1) is 0 Å². The Labute approximate surface area is 96.5 Å². The Morgan fingerprint density at radius 2 is 2.44 bits per heavy atom. The molecule has 1 saturated heterocycles. The summed E-state index contributed by atoms with van der Waals surface area (Å²) in [5.41, 5.74) is 4.11. The highest BCUT2D eigenvalue weighted by molar-refractivity contribution is 7.98. The first-order chi connectivity index (χ1) is 7.66. The molecule has 1 aromatic heterocycles. The average Bonchev–Trinajstić information content (AvgIpc) is 2.23. The maximum Gasteiger partial charge on any atom is 0.405 e. The molecule has 0 aliphatic carbocycles. The molecule has 2 rings (SSSR count). The summed E-state index contributed by atoms with van der Waals surface area (Å²) in [7, 11) is 0. The zero-order valence-electron chi connectivity index (χ0n) is 8.67. The minimum atomic E-state index is -0.905. The Balaban J connectivity index is 2.29. The molecule has 0 unspecified atom stereocenters. The van der Waals surface area contributed by atoms with Crippen molar-refractivity contribution in [3.63, 3.8) is 0 Å². The molecular weight excluding hydrogens is 230 g/mol. The van der Waals surface area contributed by atoms with E-state index in [1.807, 2.05) is 6.26 Å². The van der Waals surface area contributed by atoms with E-state index in [9.17, 15) is 4.79 Å². The highest BCUT2D eigenvalue weighted by atomic mass is 32.2. The molecule has 1 aromatic rings. The molecule has 1 amide bonds. The van der Waals surface area contributed by atoms with Crippen molar-refractivity contribution in [1.82, 2.24) is 9.97 Å². The van der Waals surface area contributed by atoms with Crippen LogP contribution in [0.5, 0.6) is 0 Å². The number of rotatable bonds is 3. The Morgan fingerprint density at radius 3 is 2.94 bits per heavy atom. The van der Waals surface area contributed by atoms with Gasteiger partial charge in [-0.1, -0.05) is 0 Å². The predicted octanol–water partition coefficient (Wildman–Crippen LogP) is 0.519. The number of nitrogens with zero attached hydrogens (tertiary/aromatic N) is 2. The van der Waals surface area contributed by atoms with Crippen molar-refractivity contribution in [3.8, 4) is 0 Å². The summed E-state index contributed by atoms with van der Waals surface area (Å²) >= 11 is 1.49. The van der Waals surface area contributed by atoms with Crippen LogP contribution in [0.15, 0.2) is 17.3 Å². The number of carbonyl (C=O) groups excluding carboxylic acids is 1. The summed E-state index contributed by atoms with van der Waals surface area (Å²) in [4.78, 5) is 19.2. The number of hydrogen-bond donors (Lipinski definition) is 1. The molecule has 1 fully saturated rings. The Hall–Kier alpha value is -1.34. The van der Waals surface area contributed by atoms with E-state index in [0.29, 0.717) is 5.82 Å². The highest BCUT2D eigenvalue weighted by Crippen LogP contribution is 2.31. The van der Waals surface area contributed by atoms with Crippen molar-refractivity contribution in [2.45, 2.75) is 10.6 Å². The molecule has 7 heteroatoms. The van der Waals surface area contributed by atoms with Crippen LogP contribution in [0.25, 0.3) is 0 Å². The van der Waals surface area contributed by atoms with Crippen molar-refractivity contribution < 1.29 is 14.3 Å². The molecule has 86 valence electrons. The van der Waals surface area contributed by atoms with E-state index < -0.39 is 11.7 Å². The van der Waals surface area contributed by atoms with Gasteiger partial charge in [0.25, 0.3) is 0 Å². The molecule has 16 heavy (non-hydrogen) atoms. The summed E-state index contributed by atoms with van der Waals surface area (Å²) in [6.45, 7) is 0.488. The molecular formula is C9H11N3O3S. The maximum atomic E-state index is 10.8. The van der Waals surface area contributed by atoms with E-state index in [4.69, 9.17) is 15.2 Å². The van der Waals surface area contributed by atoms with E-state index in [2.05, 4.69) is 9.97 Å². The van der Waals surface area contributed by atoms with Gasteiger partial charge in [-0.05, 0) is 12.3 Å². The lowest BCUT2D eigenvalue weighted by atomic mass is 10.0. The van der Waals surface area contributed by atoms with Gasteiger partial charge in [0.1, 0.15) is 0 Å². The van der Waals surface area contributed by atoms with E-state index in [0.717, 1.165) is 5.03 Å². The molecule has 0 aromatic carbocycles. The minimum Gasteiger partial charge on any atom is -0.430 e. The molecule has 2 N–H and O–H groups in total. The molecule has 2 heterocycles. The van der Waals surface area contributed by atoms with E-state index in [1.54, 1.807) is 12.3 Å². The smallest absolute Gasteiger partial charge is 0.405 e. The molecule has 6 nitrogen and oxygen atoms in total. The number of ether oxygens (including phenoxy) is 2. The molecule has 1 aliphatic rings. The minimum absolute atomic E-state index is 0.244. The van der Waals surface area contributed by atoms with Crippen LogP contribution in [-0.4, -0.2) is 35.5 Å². The lowest BCUT2D eigenvalue weighted by Crippen LogP contribution is -2.52. The SMILES string of the molecule is CSc1ccnc(C2(OC(N)=O)COC2)n1. The number of amides is 1. The molecule has 0 bridgehead atoms. The standard InChI is InChI=1S/C9H11N3O3S/c1-16-6-2-3-11-7(12-6)9(4-14-5-9)15-8(10)13/h2-3H,4-5H2,1H3,(H2,10,13). The third kappa shape index (κ3) is 1.96. The summed E-state index contributed by atoms with van der Waals surface area (Å²) in [5, 5.41) is 0.810. The van der Waals surface area contributed by atoms with Gasteiger partial charge in [-0.2, -0.15) is 0 Å². The quantitative estimate of drug-likeness (QED) is 0.613. The zero-order chi connectivity index (χ0) is 11.6. The zero-order valence-corrected chi connectivity index (χ0v) is 9.49. The fourth-order valence-corrected chi connectivity index (χ4v) is 1.76. The highest BCUT2D eigenvalue weighted by Gasteiger charge is 2.47. The second-order valence-electron chi connectivity index (χ2n) is 3.33. The van der Waals surface area contributed by atoms with Crippen molar-refractivity contribution in [2.24, 2.45) is 5.73 Å². The second kappa shape index (κ2) is 4.26. The van der Waals surface area contributed by atoms with Crippen LogP contribution in [0.3, 0.4) is 0 Å². The van der Waals surface area contributed by atoms with Gasteiger partial charge in [0.15, 0.2) is 5.82 Å². The monoisotopic (exact) mass is 241 g/mol. The normalized spacial score (nSPS) is 17.6. The fraction of sp³-hybridized carbons (Fsp3) is 0.444. The first kappa shape index (κ1) is 11.2. The summed E-state index contributed by atoms with van der Waals surface area (Å²) in [5.74, 6) is 0.435. The van der Waals surface area contributed by atoms with Crippen molar-refractivity contribution in [1.29, 1.82) is 0 Å². The summed E-state index contributed by atoms with van der Waals surface area (Å²) < 4.78 is 10.1. The molecule has 0 spiro atoms. The van der Waals surface area contributed by atoms with Crippen LogP contribution in [-0.2, 0) is 15.1 Å². The number of thioether (sulfide) groups is 1. The second-order valence-corrected chi connectivity index (χ2v) is 4.16. The lowest BCUT2D eigenvalue weighted by Gasteiger charge is -2.38. The Kier molecular flexibility index (Phi) is 2.97. The van der Waals surface area contributed by atoms with Gasteiger partial charge in [-0.25, -0.2) is 14.8 Å². The van der Waals surface area contributed by atoms with Crippen LogP contribution in [0.1, 0.15) is 5.82 Å². The Morgan fingerprint density at radius 1 is 1.69 bits per heavy atom. The van der Waals surface area contributed by atoms with Crippen LogP contribution < -0.4 is 5.73 Å². The first-order valence-electron chi connectivity index (χ1n) is 4.60. The van der Waals surface area contributed by atoms with Gasteiger partial charge in [0.2, 0.25) is 5.60 Å². The van der Waals surface area contributed by atoms with Gasteiger partial charge in [0, 0.05) is 6.20 Å². The largest absolute Gasteiger partial charge is 0.430 e. The third-order valence-corrected chi connectivity index (χ3v) is 2.86. The predicted molar refractivity (Wildman–Crippen MR) is 57.0 cm³/mol. The van der Waals surface area contributed by atoms with E-state index in [1.165, 1.54) is 11.8 Å². The molecule has 0 atom stereocenters. The number of hydrogen-bond acceptors (Lipinski definition) is 6. The third-order valence-electron chi connectivity index (χ3n) is 2.21. The Bertz CT molecular complexity index is 409. The van der Waals surface area contributed by atoms with Crippen molar-refractivity contribution in [3.05, 3.63) is 18.1 Å². The van der Waals surface area contributed by atoms with Crippen LogP contribution in [0.4, 0.5) is 4.79 Å². The lowest BCUT2D eigenvalue weighted by molar-refractivity contribution is -0.188. The van der Waals surface area contributed by atoms with Gasteiger partial charge < -0.3 is 15.2 Å². The van der Waals surface area contributed by atoms with Gasteiger partial charge in [-0.3, -0.25) is 0 Å². The van der Waals surface area contributed by atoms with Crippen LogP contribution in [0.2, 0.25) is 0 Å². The molecule has 0 saturated carbocycles. The number of carbonyl (C=O) groups is 1. The number of nitrogens with two attached hydrogens (primary N) is 1. The average molecular weight is 241 g/mol. The number of aromatic nitrogens is 2. The summed E-state index contributed by atoms with van der Waals surface area (Å²) in [6.07, 6.45) is 2.69. The molecule has 0 radical (unpaired) electrons. The van der Waals surface area contributed by atoms with E-state index >= 15 is 0 Å². The van der Waals surface area contributed by atoms with Crippen molar-refractivity contribution >= 4 is 17.9 Å². The topological polar surface area (TPSA) is 87.3 Å². The summed E-state index contributed by atoms with van der Waals surface area (Å²) in [6, 6.07) is 1.78. The maximum absolute atomic E-state index is 10.8. The number of primary amides is 1. The van der Waals surface area contributed by atoms with Crippen LogP contribution >= 0.6 is 11.8 Å². The molecule has 1 aliphatic heterocycles. The van der Waals surface area contributed by atoms with Gasteiger partial charge in [0.05, 0.1) is 18.2 Å². The van der Waals surface area contributed by atoms with E-state index in [-0.39, 0.29) is 13.2 Å². The first-order valence-corrected chi connectivity index (χ1v) is 5.82. The fourth-order valence-electron chi connectivity index (χ4n) is 1.39. The van der Waals surface area contributed by atoms with Crippen molar-refractivity contribution in [2.75, 3.05) is 19.5 Å². The van der Waals surface area contributed by atoms with Gasteiger partial charge >= 0.3 is 6.09 Å².